The van der Waals surface area contributed by atoms with Crippen molar-refractivity contribution in [1.82, 2.24) is 4.90 Å². The molecule has 0 fully saturated rings. The lowest BCUT2D eigenvalue weighted by Gasteiger charge is -2.15. The Balaban J connectivity index is 2.29. The van der Waals surface area contributed by atoms with Crippen LogP contribution in [-0.2, 0) is 9.59 Å². The summed E-state index contributed by atoms with van der Waals surface area (Å²) in [6.45, 7) is -0.420. The molecule has 0 saturated carbocycles. The molecule has 8 heteroatoms. The molecule has 0 aliphatic carbocycles. The minimum absolute atomic E-state index is 0.00995. The second kappa shape index (κ2) is 6.23. The number of nitrogens with one attached hydrogen (secondary N) is 1. The highest BCUT2D eigenvalue weighted by Crippen LogP contribution is 2.35. The first-order valence-electron chi connectivity index (χ1n) is 5.96. The van der Waals surface area contributed by atoms with Gasteiger partial charge in [0.05, 0.1) is 30.4 Å². The maximum Gasteiger partial charge on any atom is 0.277 e. The lowest BCUT2D eigenvalue weighted by Crippen LogP contribution is -2.34. The van der Waals surface area contributed by atoms with E-state index >= 15 is 0 Å². The van der Waals surface area contributed by atoms with E-state index < -0.39 is 17.6 Å². The minimum Gasteiger partial charge on any atom is -0.493 e. The van der Waals surface area contributed by atoms with Crippen molar-refractivity contribution in [2.45, 2.75) is 0 Å². The van der Waals surface area contributed by atoms with Crippen LogP contribution in [0.3, 0.4) is 0 Å². The largest absolute Gasteiger partial charge is 0.493 e. The van der Waals surface area contributed by atoms with Gasteiger partial charge in [0.15, 0.2) is 5.75 Å². The summed E-state index contributed by atoms with van der Waals surface area (Å²) in [5, 5.41) is 11.5. The minimum atomic E-state index is -0.587. The van der Waals surface area contributed by atoms with Crippen molar-refractivity contribution in [3.63, 3.8) is 0 Å². The Morgan fingerprint density at radius 2 is 2.14 bits per heavy atom. The Morgan fingerprint density at radius 3 is 2.76 bits per heavy atom. The highest BCUT2D eigenvalue weighted by atomic mass is 79.9. The molecule has 1 heterocycles. The molecule has 2 rings (SSSR count). The molecule has 0 saturated heterocycles. The zero-order valence-electron chi connectivity index (χ0n) is 11.0. The third-order valence-electron chi connectivity index (χ3n) is 2.81. The molecule has 6 nitrogen and oxygen atoms in total. The second-order valence-corrected chi connectivity index (χ2v) is 5.02. The molecular weight excluding hydrogens is 347 g/mol. The first-order valence-corrected chi connectivity index (χ1v) is 6.75. The van der Waals surface area contributed by atoms with Crippen molar-refractivity contribution in [1.29, 1.82) is 0 Å². The molecule has 1 aromatic carbocycles. The number of rotatable bonds is 5. The zero-order chi connectivity index (χ0) is 15.6. The molecule has 0 spiro atoms. The smallest absolute Gasteiger partial charge is 0.277 e. The van der Waals surface area contributed by atoms with E-state index in [2.05, 4.69) is 21.2 Å². The van der Waals surface area contributed by atoms with E-state index in [0.717, 1.165) is 17.0 Å². The molecule has 0 radical (unpaired) electrons. The molecule has 112 valence electrons. The maximum atomic E-state index is 13.4. The highest BCUT2D eigenvalue weighted by molar-refractivity contribution is 9.10. The van der Waals surface area contributed by atoms with Crippen LogP contribution in [0.5, 0.6) is 5.75 Å². The number of hydrogen-bond donors (Lipinski definition) is 2. The van der Waals surface area contributed by atoms with E-state index in [1.165, 1.54) is 13.2 Å². The van der Waals surface area contributed by atoms with Crippen molar-refractivity contribution in [3.05, 3.63) is 34.2 Å². The number of β-amino-alcohol motifs (C(OH)–C–C–N with tert-alkyl or cyclic N) is 1. The Morgan fingerprint density at radius 1 is 1.43 bits per heavy atom. The summed E-state index contributed by atoms with van der Waals surface area (Å²) in [7, 11) is 1.40. The predicted molar refractivity (Wildman–Crippen MR) is 76.2 cm³/mol. The topological polar surface area (TPSA) is 78.9 Å². The average molecular weight is 359 g/mol. The number of amides is 2. The van der Waals surface area contributed by atoms with Crippen LogP contribution >= 0.6 is 15.9 Å². The number of aliphatic hydroxyl groups excluding tert-OH is 1. The molecule has 1 aromatic rings. The molecule has 0 aromatic heterocycles. The van der Waals surface area contributed by atoms with Gasteiger partial charge in [0.1, 0.15) is 11.5 Å². The van der Waals surface area contributed by atoms with Crippen LogP contribution in [0.25, 0.3) is 0 Å². The van der Waals surface area contributed by atoms with Gasteiger partial charge in [-0.05, 0) is 22.0 Å². The first-order chi connectivity index (χ1) is 9.97. The quantitative estimate of drug-likeness (QED) is 0.774. The van der Waals surface area contributed by atoms with Crippen LogP contribution in [0.2, 0.25) is 0 Å². The maximum absolute atomic E-state index is 13.4. The van der Waals surface area contributed by atoms with Crippen LogP contribution in [0.4, 0.5) is 10.1 Å². The third kappa shape index (κ3) is 3.06. The highest BCUT2D eigenvalue weighted by Gasteiger charge is 2.31. The van der Waals surface area contributed by atoms with Crippen molar-refractivity contribution in [2.24, 2.45) is 0 Å². The van der Waals surface area contributed by atoms with Crippen molar-refractivity contribution < 1.29 is 23.8 Å². The van der Waals surface area contributed by atoms with Crippen LogP contribution in [0.15, 0.2) is 28.4 Å². The molecule has 0 unspecified atom stereocenters. The van der Waals surface area contributed by atoms with E-state index in [-0.39, 0.29) is 24.5 Å². The summed E-state index contributed by atoms with van der Waals surface area (Å²) in [5.41, 5.74) is 0.201. The fraction of sp³-hybridized carbons (Fsp3) is 0.231. The van der Waals surface area contributed by atoms with Gasteiger partial charge < -0.3 is 15.2 Å². The van der Waals surface area contributed by atoms with E-state index in [4.69, 9.17) is 9.84 Å². The summed E-state index contributed by atoms with van der Waals surface area (Å²) in [5.74, 6) is -1.35. The standard InChI is InChI=1S/C13H12BrFN2O4/c1-21-12-8(14)4-7(15)5-9(12)16-10-6-11(19)17(2-3-18)13(10)20/h4-6,16,18H,2-3H2,1H3. The normalized spacial score (nSPS) is 14.5. The number of carbonyl (C=O) groups excluding carboxylic acids is 2. The molecule has 0 bridgehead atoms. The number of nitrogens with zero attached hydrogens (tertiary/aromatic N) is 1. The van der Waals surface area contributed by atoms with Crippen LogP contribution in [-0.4, -0.2) is 42.1 Å². The van der Waals surface area contributed by atoms with Gasteiger partial charge in [-0.1, -0.05) is 0 Å². The number of carbonyl (C=O) groups is 2. The first kappa shape index (κ1) is 15.5. The van der Waals surface area contributed by atoms with E-state index in [1.807, 2.05) is 0 Å². The number of anilines is 1. The molecule has 1 aliphatic rings. The van der Waals surface area contributed by atoms with E-state index in [1.54, 1.807) is 0 Å². The Bertz CT molecular complexity index is 633. The van der Waals surface area contributed by atoms with Crippen molar-refractivity contribution >= 4 is 33.4 Å². The lowest BCUT2D eigenvalue weighted by atomic mass is 10.2. The van der Waals surface area contributed by atoms with Gasteiger partial charge in [-0.15, -0.1) is 0 Å². The monoisotopic (exact) mass is 358 g/mol. The third-order valence-corrected chi connectivity index (χ3v) is 3.40. The van der Waals surface area contributed by atoms with E-state index in [9.17, 15) is 14.0 Å². The predicted octanol–water partition coefficient (Wildman–Crippen LogP) is 1.25. The Labute approximate surface area is 128 Å². The molecular formula is C13H12BrFN2O4. The van der Waals surface area contributed by atoms with Gasteiger partial charge in [-0.25, -0.2) is 4.39 Å². The zero-order valence-corrected chi connectivity index (χ0v) is 12.6. The number of benzene rings is 1. The van der Waals surface area contributed by atoms with Gasteiger partial charge >= 0.3 is 0 Å². The number of ether oxygens (including phenoxy) is 1. The van der Waals surface area contributed by atoms with Gasteiger partial charge in [0, 0.05) is 12.1 Å². The summed E-state index contributed by atoms with van der Waals surface area (Å²) in [6, 6.07) is 2.37. The molecule has 2 N–H and O–H groups in total. The lowest BCUT2D eigenvalue weighted by molar-refractivity contribution is -0.137. The Kier molecular flexibility index (Phi) is 4.59. The number of imide groups is 1. The molecule has 0 atom stereocenters. The van der Waals surface area contributed by atoms with Gasteiger partial charge in [0.25, 0.3) is 11.8 Å². The number of halogens is 2. The molecule has 21 heavy (non-hydrogen) atoms. The fourth-order valence-corrected chi connectivity index (χ4v) is 2.51. The van der Waals surface area contributed by atoms with Crippen LogP contribution < -0.4 is 10.1 Å². The fourth-order valence-electron chi connectivity index (χ4n) is 1.92. The van der Waals surface area contributed by atoms with E-state index in [0.29, 0.717) is 10.2 Å². The Hall–Kier alpha value is -1.93. The average Bonchev–Trinajstić information content (AvgIpc) is 2.66. The number of hydrogen-bond acceptors (Lipinski definition) is 5. The summed E-state index contributed by atoms with van der Waals surface area (Å²) < 4.78 is 18.9. The summed E-state index contributed by atoms with van der Waals surface area (Å²) >= 11 is 3.15. The second-order valence-electron chi connectivity index (χ2n) is 4.17. The van der Waals surface area contributed by atoms with Crippen LogP contribution in [0.1, 0.15) is 0 Å². The summed E-state index contributed by atoms with van der Waals surface area (Å²) in [4.78, 5) is 24.5. The van der Waals surface area contributed by atoms with Crippen molar-refractivity contribution in [3.8, 4) is 5.75 Å². The van der Waals surface area contributed by atoms with Gasteiger partial charge in [-0.2, -0.15) is 0 Å². The molecule has 1 aliphatic heterocycles. The number of aliphatic hydroxyl groups is 1. The molecule has 2 amide bonds. The summed E-state index contributed by atoms with van der Waals surface area (Å²) in [6.07, 6.45) is 1.09. The van der Waals surface area contributed by atoms with Gasteiger partial charge in [0.2, 0.25) is 0 Å². The van der Waals surface area contributed by atoms with Crippen molar-refractivity contribution in [2.75, 3.05) is 25.6 Å². The van der Waals surface area contributed by atoms with Gasteiger partial charge in [-0.3, -0.25) is 14.5 Å². The number of methoxy groups -OCH3 is 1. The van der Waals surface area contributed by atoms with Crippen LogP contribution in [0, 0.1) is 5.82 Å². The SMILES string of the molecule is COc1c(Br)cc(F)cc1NC1=CC(=O)N(CCO)C1=O.